The Balaban J connectivity index is 1.77. The van der Waals surface area contributed by atoms with Crippen molar-refractivity contribution in [3.63, 3.8) is 0 Å². The highest BCUT2D eigenvalue weighted by Gasteiger charge is 2.59. The Morgan fingerprint density at radius 2 is 1.79 bits per heavy atom. The van der Waals surface area contributed by atoms with Crippen LogP contribution in [0.15, 0.2) is 77.9 Å². The van der Waals surface area contributed by atoms with Crippen molar-refractivity contribution in [3.8, 4) is 5.75 Å². The molecule has 5 rings (SSSR count). The molecule has 5 nitrogen and oxygen atoms in total. The van der Waals surface area contributed by atoms with Crippen molar-refractivity contribution in [3.05, 3.63) is 89.7 Å². The number of fused-ring (bicyclic) bond motifs is 2. The number of pyridine rings is 1. The lowest BCUT2D eigenvalue weighted by molar-refractivity contribution is -0.123. The summed E-state index contributed by atoms with van der Waals surface area (Å²) in [7, 11) is 3.49. The first-order valence-electron chi connectivity index (χ1n) is 9.67. The van der Waals surface area contributed by atoms with E-state index in [4.69, 9.17) is 9.73 Å². The Bertz CT molecular complexity index is 1130. The van der Waals surface area contributed by atoms with Gasteiger partial charge in [0.15, 0.2) is 5.54 Å². The number of nitrogens with zero attached hydrogens (tertiary/aromatic N) is 3. The first-order valence-corrected chi connectivity index (χ1v) is 9.67. The van der Waals surface area contributed by atoms with Crippen molar-refractivity contribution in [1.82, 2.24) is 4.98 Å². The molecule has 1 spiro atoms. The third-order valence-corrected chi connectivity index (χ3v) is 5.99. The summed E-state index contributed by atoms with van der Waals surface area (Å²) in [6.07, 6.45) is 2.38. The van der Waals surface area contributed by atoms with Crippen LogP contribution in [0.4, 0.5) is 5.69 Å². The monoisotopic (exact) mass is 383 g/mol. The van der Waals surface area contributed by atoms with Crippen molar-refractivity contribution < 1.29 is 9.53 Å². The number of anilines is 1. The maximum Gasteiger partial charge on any atom is 0.260 e. The van der Waals surface area contributed by atoms with E-state index in [1.54, 1.807) is 18.2 Å². The van der Waals surface area contributed by atoms with Crippen LogP contribution in [-0.2, 0) is 10.3 Å². The van der Waals surface area contributed by atoms with E-state index in [9.17, 15) is 4.79 Å². The highest BCUT2D eigenvalue weighted by atomic mass is 16.5. The summed E-state index contributed by atoms with van der Waals surface area (Å²) in [5.74, 6) is 0.587. The zero-order chi connectivity index (χ0) is 20.0. The molecule has 1 aromatic heterocycles. The molecular weight excluding hydrogens is 362 g/mol. The van der Waals surface area contributed by atoms with Gasteiger partial charge in [-0.05, 0) is 24.3 Å². The summed E-state index contributed by atoms with van der Waals surface area (Å²) >= 11 is 0. The van der Waals surface area contributed by atoms with Crippen LogP contribution in [0.25, 0.3) is 0 Å². The highest BCUT2D eigenvalue weighted by molar-refractivity contribution is 6.13. The van der Waals surface area contributed by atoms with Gasteiger partial charge in [0.25, 0.3) is 5.91 Å². The third kappa shape index (κ3) is 2.43. The number of rotatable bonds is 3. The van der Waals surface area contributed by atoms with Gasteiger partial charge in [-0.3, -0.25) is 14.8 Å². The zero-order valence-electron chi connectivity index (χ0n) is 16.4. The Kier molecular flexibility index (Phi) is 3.98. The molecule has 29 heavy (non-hydrogen) atoms. The molecule has 0 bridgehead atoms. The molecule has 0 N–H and O–H groups in total. The van der Waals surface area contributed by atoms with E-state index in [0.29, 0.717) is 6.42 Å². The van der Waals surface area contributed by atoms with Gasteiger partial charge in [0.2, 0.25) is 0 Å². The van der Waals surface area contributed by atoms with Gasteiger partial charge in [-0.2, -0.15) is 0 Å². The number of likely N-dealkylation sites (N-methyl/N-ethyl adjacent to an activating group) is 1. The summed E-state index contributed by atoms with van der Waals surface area (Å²) in [6.45, 7) is 0. The van der Waals surface area contributed by atoms with E-state index in [1.807, 2.05) is 73.8 Å². The molecule has 3 heterocycles. The number of aromatic nitrogens is 1. The van der Waals surface area contributed by atoms with Crippen LogP contribution in [0.5, 0.6) is 5.75 Å². The second-order valence-electron chi connectivity index (χ2n) is 7.42. The van der Waals surface area contributed by atoms with Crippen LogP contribution in [0, 0.1) is 0 Å². The molecule has 0 saturated carbocycles. The van der Waals surface area contributed by atoms with Gasteiger partial charge in [0.1, 0.15) is 5.75 Å². The first-order chi connectivity index (χ1) is 14.2. The molecule has 2 unspecified atom stereocenters. The fourth-order valence-electron chi connectivity index (χ4n) is 4.68. The maximum absolute atomic E-state index is 13.7. The minimum absolute atomic E-state index is 0.0134. The minimum Gasteiger partial charge on any atom is -0.496 e. The van der Waals surface area contributed by atoms with E-state index in [2.05, 4.69) is 4.98 Å². The number of carbonyl (C=O) groups is 1. The smallest absolute Gasteiger partial charge is 0.260 e. The molecule has 0 saturated heterocycles. The standard InChI is InChI=1S/C24H21N3O2/c1-27-21-12-5-4-10-17(21)24(23(27)28)18(16-9-3-6-13-22(16)29-2)15-20(26-24)19-11-7-8-14-25-19/h3-14,18H,15H2,1-2H3. The average molecular weight is 383 g/mol. The van der Waals surface area contributed by atoms with Crippen molar-refractivity contribution in [2.75, 3.05) is 19.1 Å². The number of ether oxygens (including phenoxy) is 1. The van der Waals surface area contributed by atoms with Gasteiger partial charge in [-0.1, -0.05) is 42.5 Å². The van der Waals surface area contributed by atoms with Crippen LogP contribution in [0.3, 0.4) is 0 Å². The summed E-state index contributed by atoms with van der Waals surface area (Å²) in [6, 6.07) is 21.6. The first kappa shape index (κ1) is 17.6. The molecule has 3 aromatic rings. The predicted molar refractivity (Wildman–Crippen MR) is 113 cm³/mol. The molecule has 2 aromatic carbocycles. The van der Waals surface area contributed by atoms with Crippen LogP contribution >= 0.6 is 0 Å². The molecular formula is C24H21N3O2. The number of carbonyl (C=O) groups excluding carboxylic acids is 1. The van der Waals surface area contributed by atoms with Crippen LogP contribution in [0.1, 0.15) is 29.2 Å². The van der Waals surface area contributed by atoms with Gasteiger partial charge >= 0.3 is 0 Å². The van der Waals surface area contributed by atoms with Crippen molar-refractivity contribution in [1.29, 1.82) is 0 Å². The van der Waals surface area contributed by atoms with Crippen LogP contribution in [0.2, 0.25) is 0 Å². The normalized spacial score (nSPS) is 22.7. The number of hydrogen-bond acceptors (Lipinski definition) is 4. The van der Waals surface area contributed by atoms with Gasteiger partial charge in [-0.25, -0.2) is 0 Å². The highest BCUT2D eigenvalue weighted by Crippen LogP contribution is 2.56. The lowest BCUT2D eigenvalue weighted by atomic mass is 9.75. The van der Waals surface area contributed by atoms with Crippen molar-refractivity contribution in [2.45, 2.75) is 17.9 Å². The van der Waals surface area contributed by atoms with E-state index < -0.39 is 5.54 Å². The summed E-state index contributed by atoms with van der Waals surface area (Å²) in [5, 5.41) is 0. The van der Waals surface area contributed by atoms with Gasteiger partial charge in [-0.15, -0.1) is 0 Å². The Morgan fingerprint density at radius 3 is 2.59 bits per heavy atom. The summed E-state index contributed by atoms with van der Waals surface area (Å²) in [5.41, 5.74) is 3.48. The fraction of sp³-hybridized carbons (Fsp3) is 0.208. The summed E-state index contributed by atoms with van der Waals surface area (Å²) < 4.78 is 5.66. The molecule has 0 fully saturated rings. The topological polar surface area (TPSA) is 54.8 Å². The molecule has 2 aliphatic heterocycles. The van der Waals surface area contributed by atoms with Gasteiger partial charge < -0.3 is 9.64 Å². The molecule has 0 radical (unpaired) electrons. The van der Waals surface area contributed by atoms with Crippen molar-refractivity contribution in [2.24, 2.45) is 4.99 Å². The molecule has 0 aliphatic carbocycles. The molecule has 2 aliphatic rings. The molecule has 5 heteroatoms. The second-order valence-corrected chi connectivity index (χ2v) is 7.42. The Hall–Kier alpha value is -3.47. The Labute approximate surface area is 169 Å². The van der Waals surface area contributed by atoms with E-state index >= 15 is 0 Å². The number of aliphatic imine (C=N–C) groups is 1. The van der Waals surface area contributed by atoms with E-state index in [0.717, 1.165) is 34.0 Å². The van der Waals surface area contributed by atoms with Gasteiger partial charge in [0.05, 0.1) is 18.5 Å². The Morgan fingerprint density at radius 1 is 1.03 bits per heavy atom. The van der Waals surface area contributed by atoms with Crippen LogP contribution in [-0.4, -0.2) is 30.8 Å². The minimum atomic E-state index is -1.01. The number of hydrogen-bond donors (Lipinski definition) is 0. The van der Waals surface area contributed by atoms with Gasteiger partial charge in [0, 0.05) is 42.4 Å². The average Bonchev–Trinajstić information content (AvgIpc) is 3.28. The third-order valence-electron chi connectivity index (χ3n) is 5.99. The molecule has 144 valence electrons. The van der Waals surface area contributed by atoms with Crippen molar-refractivity contribution >= 4 is 17.3 Å². The lowest BCUT2D eigenvalue weighted by Crippen LogP contribution is -2.40. The largest absolute Gasteiger partial charge is 0.496 e. The lowest BCUT2D eigenvalue weighted by Gasteiger charge is -2.29. The quantitative estimate of drug-likeness (QED) is 0.688. The molecule has 1 amide bonds. The van der Waals surface area contributed by atoms with E-state index in [1.165, 1.54) is 0 Å². The number of para-hydroxylation sites is 2. The fourth-order valence-corrected chi connectivity index (χ4v) is 4.68. The van der Waals surface area contributed by atoms with E-state index in [-0.39, 0.29) is 11.8 Å². The number of benzene rings is 2. The predicted octanol–water partition coefficient (Wildman–Crippen LogP) is 3.94. The zero-order valence-corrected chi connectivity index (χ0v) is 16.4. The number of methoxy groups -OCH3 is 1. The SMILES string of the molecule is COc1ccccc1C1CC(c2ccccn2)=NC12C(=O)N(C)c1ccccc12. The maximum atomic E-state index is 13.7. The molecule has 2 atom stereocenters. The van der Waals surface area contributed by atoms with Crippen LogP contribution < -0.4 is 9.64 Å². The summed E-state index contributed by atoms with van der Waals surface area (Å²) in [4.78, 5) is 25.0. The second kappa shape index (κ2) is 6.55. The number of amides is 1.